The number of rotatable bonds is 8. The lowest BCUT2D eigenvalue weighted by Gasteiger charge is -2.20. The Morgan fingerprint density at radius 3 is 2.53 bits per heavy atom. The van der Waals surface area contributed by atoms with Gasteiger partial charge in [-0.05, 0) is 60.3 Å². The molecule has 0 aliphatic rings. The Hall–Kier alpha value is -3.92. The van der Waals surface area contributed by atoms with Gasteiger partial charge in [0.05, 0.1) is 10.6 Å². The molecule has 0 unspecified atom stereocenters. The van der Waals surface area contributed by atoms with Crippen molar-refractivity contribution in [3.63, 3.8) is 0 Å². The number of carbonyl (C=O) groups is 2. The molecule has 4 aromatic rings. The molecule has 10 heteroatoms. The van der Waals surface area contributed by atoms with Crippen molar-refractivity contribution in [1.29, 1.82) is 0 Å². The molecule has 1 amide bonds. The van der Waals surface area contributed by atoms with Crippen LogP contribution in [-0.2, 0) is 16.1 Å². The number of carbonyl (C=O) groups excluding carboxylic acids is 2. The van der Waals surface area contributed by atoms with Crippen LogP contribution in [0.2, 0.25) is 0 Å². The second-order valence-electron chi connectivity index (χ2n) is 7.24. The van der Waals surface area contributed by atoms with Gasteiger partial charge in [0.25, 0.3) is 11.7 Å². The summed E-state index contributed by atoms with van der Waals surface area (Å²) >= 11 is 1.40. The lowest BCUT2D eigenvalue weighted by molar-refractivity contribution is -0.135. The monoisotopic (exact) mass is 482 g/mol. The summed E-state index contributed by atoms with van der Waals surface area (Å²) in [6, 6.07) is 15.2. The van der Waals surface area contributed by atoms with Crippen LogP contribution < -0.4 is 0 Å². The molecule has 0 bridgehead atoms. The molecule has 0 saturated heterocycles. The number of hydrogen-bond acceptors (Lipinski definition) is 6. The minimum Gasteiger partial charge on any atom is -0.450 e. The molecule has 7 nitrogen and oxygen atoms in total. The van der Waals surface area contributed by atoms with Gasteiger partial charge in [-0.25, -0.2) is 18.3 Å². The van der Waals surface area contributed by atoms with Gasteiger partial charge in [-0.15, -0.1) is 16.4 Å². The Morgan fingerprint density at radius 2 is 1.85 bits per heavy atom. The van der Waals surface area contributed by atoms with Gasteiger partial charge in [-0.1, -0.05) is 18.2 Å². The van der Waals surface area contributed by atoms with E-state index in [1.807, 2.05) is 17.5 Å². The molecule has 0 spiro atoms. The first-order valence-electron chi connectivity index (χ1n) is 10.4. The van der Waals surface area contributed by atoms with E-state index in [0.29, 0.717) is 23.6 Å². The predicted molar refractivity (Wildman–Crippen MR) is 122 cm³/mol. The third kappa shape index (κ3) is 5.34. The number of benzene rings is 2. The van der Waals surface area contributed by atoms with E-state index < -0.39 is 30.1 Å². The van der Waals surface area contributed by atoms with Crippen molar-refractivity contribution in [3.05, 3.63) is 89.1 Å². The number of likely N-dealkylation sites (N-methyl/N-ethyl adjacent to an activating group) is 1. The van der Waals surface area contributed by atoms with Gasteiger partial charge in [-0.3, -0.25) is 4.79 Å². The largest absolute Gasteiger partial charge is 0.450 e. The van der Waals surface area contributed by atoms with E-state index in [0.717, 1.165) is 4.88 Å². The molecule has 174 valence electrons. The van der Waals surface area contributed by atoms with Crippen molar-refractivity contribution in [2.24, 2.45) is 0 Å². The van der Waals surface area contributed by atoms with Crippen LogP contribution in [0.4, 0.5) is 8.78 Å². The van der Waals surface area contributed by atoms with E-state index in [1.165, 1.54) is 57.3 Å². The highest BCUT2D eigenvalue weighted by molar-refractivity contribution is 7.13. The molecule has 2 aromatic heterocycles. The molecule has 0 aliphatic heterocycles. The van der Waals surface area contributed by atoms with Crippen molar-refractivity contribution in [2.75, 3.05) is 13.2 Å². The van der Waals surface area contributed by atoms with Crippen molar-refractivity contribution >= 4 is 23.2 Å². The Kier molecular flexibility index (Phi) is 7.07. The molecule has 0 radical (unpaired) electrons. The third-order valence-electron chi connectivity index (χ3n) is 4.93. The van der Waals surface area contributed by atoms with Crippen molar-refractivity contribution in [2.45, 2.75) is 13.5 Å². The number of nitrogens with zero attached hydrogens (tertiary/aromatic N) is 4. The fourth-order valence-corrected chi connectivity index (χ4v) is 3.94. The second-order valence-corrected chi connectivity index (χ2v) is 8.19. The summed E-state index contributed by atoms with van der Waals surface area (Å²) in [5.74, 6) is -1.93. The lowest BCUT2D eigenvalue weighted by Crippen LogP contribution is -2.34. The highest BCUT2D eigenvalue weighted by Gasteiger charge is 2.22. The minimum atomic E-state index is -0.867. The summed E-state index contributed by atoms with van der Waals surface area (Å²) < 4.78 is 33.4. The molecular weight excluding hydrogens is 462 g/mol. The summed E-state index contributed by atoms with van der Waals surface area (Å²) in [6.45, 7) is 1.80. The lowest BCUT2D eigenvalue weighted by atomic mass is 10.2. The maximum Gasteiger partial charge on any atom is 0.378 e. The smallest absolute Gasteiger partial charge is 0.378 e. The Balaban J connectivity index is 1.49. The van der Waals surface area contributed by atoms with E-state index in [-0.39, 0.29) is 12.4 Å². The summed E-state index contributed by atoms with van der Waals surface area (Å²) in [7, 11) is 0. The molecule has 0 atom stereocenters. The van der Waals surface area contributed by atoms with Crippen LogP contribution in [0.5, 0.6) is 0 Å². The first-order valence-corrected chi connectivity index (χ1v) is 11.3. The summed E-state index contributed by atoms with van der Waals surface area (Å²) in [4.78, 5) is 31.7. The first-order chi connectivity index (χ1) is 16.4. The molecule has 0 saturated carbocycles. The minimum absolute atomic E-state index is 0.185. The van der Waals surface area contributed by atoms with Gasteiger partial charge in [0.1, 0.15) is 11.6 Å². The highest BCUT2D eigenvalue weighted by Crippen LogP contribution is 2.26. The van der Waals surface area contributed by atoms with Crippen LogP contribution in [0.3, 0.4) is 0 Å². The Labute approximate surface area is 198 Å². The van der Waals surface area contributed by atoms with E-state index in [9.17, 15) is 18.4 Å². The van der Waals surface area contributed by atoms with Crippen molar-refractivity contribution in [1.82, 2.24) is 19.7 Å². The average Bonchev–Trinajstić information content (AvgIpc) is 3.51. The average molecular weight is 483 g/mol. The fraction of sp³-hybridized carbons (Fsp3) is 0.167. The second kappa shape index (κ2) is 10.3. The van der Waals surface area contributed by atoms with E-state index in [4.69, 9.17) is 4.74 Å². The number of esters is 1. The highest BCUT2D eigenvalue weighted by atomic mass is 32.1. The zero-order valence-electron chi connectivity index (χ0n) is 18.1. The van der Waals surface area contributed by atoms with E-state index >= 15 is 0 Å². The van der Waals surface area contributed by atoms with Gasteiger partial charge < -0.3 is 9.64 Å². The van der Waals surface area contributed by atoms with Crippen LogP contribution in [-0.4, -0.2) is 44.7 Å². The zero-order chi connectivity index (χ0) is 24.1. The van der Waals surface area contributed by atoms with Crippen LogP contribution >= 0.6 is 11.3 Å². The van der Waals surface area contributed by atoms with Crippen LogP contribution in [0.1, 0.15) is 23.1 Å². The van der Waals surface area contributed by atoms with Gasteiger partial charge in [0.2, 0.25) is 0 Å². The van der Waals surface area contributed by atoms with Crippen molar-refractivity contribution in [3.8, 4) is 16.4 Å². The Morgan fingerprint density at radius 1 is 1.06 bits per heavy atom. The van der Waals surface area contributed by atoms with E-state index in [2.05, 4.69) is 10.1 Å². The molecule has 0 fully saturated rings. The molecular formula is C24H20F2N4O3S. The molecule has 2 heterocycles. The Bertz CT molecular complexity index is 1290. The summed E-state index contributed by atoms with van der Waals surface area (Å²) in [6.07, 6.45) is 0. The standard InChI is InChI=1S/C24H20F2N4O3S/c1-2-29(14-16-5-3-6-18(26)13-16)21(31)15-33-24(32)22-27-23(20-7-4-12-34-20)30(28-22)19-10-8-17(25)9-11-19/h3-13H,2,14-15H2,1H3. The number of hydrogen-bond donors (Lipinski definition) is 0. The summed E-state index contributed by atoms with van der Waals surface area (Å²) in [5, 5.41) is 6.09. The van der Waals surface area contributed by atoms with Gasteiger partial charge >= 0.3 is 5.97 Å². The van der Waals surface area contributed by atoms with Crippen LogP contribution in [0.15, 0.2) is 66.0 Å². The van der Waals surface area contributed by atoms with Gasteiger partial charge in [0, 0.05) is 13.1 Å². The number of thiophene rings is 1. The van der Waals surface area contributed by atoms with Crippen molar-refractivity contribution < 1.29 is 23.1 Å². The fourth-order valence-electron chi connectivity index (χ4n) is 3.24. The number of aromatic nitrogens is 3. The number of halogens is 2. The normalized spacial score (nSPS) is 10.8. The SMILES string of the molecule is CCN(Cc1cccc(F)c1)C(=O)COC(=O)c1nc(-c2cccs2)n(-c2ccc(F)cc2)n1. The zero-order valence-corrected chi connectivity index (χ0v) is 19.0. The molecule has 0 N–H and O–H groups in total. The third-order valence-corrected chi connectivity index (χ3v) is 5.79. The van der Waals surface area contributed by atoms with Crippen LogP contribution in [0, 0.1) is 11.6 Å². The predicted octanol–water partition coefficient (Wildman–Crippen LogP) is 4.48. The molecule has 2 aromatic carbocycles. The topological polar surface area (TPSA) is 77.3 Å². The molecule has 0 aliphatic carbocycles. The summed E-state index contributed by atoms with van der Waals surface area (Å²) in [5.41, 5.74) is 1.14. The maximum atomic E-state index is 13.4. The quantitative estimate of drug-likeness (QED) is 0.346. The van der Waals surface area contributed by atoms with Gasteiger partial charge in [-0.2, -0.15) is 4.98 Å². The first kappa shape index (κ1) is 23.2. The molecule has 4 rings (SSSR count). The van der Waals surface area contributed by atoms with Crippen LogP contribution in [0.25, 0.3) is 16.4 Å². The van der Waals surface area contributed by atoms with E-state index in [1.54, 1.807) is 19.1 Å². The maximum absolute atomic E-state index is 13.4. The number of ether oxygens (including phenoxy) is 1. The number of amides is 1. The van der Waals surface area contributed by atoms with Gasteiger partial charge in [0.15, 0.2) is 12.4 Å². The molecule has 34 heavy (non-hydrogen) atoms.